The molecule has 0 bridgehead atoms. The molecule has 1 rings (SSSR count). The van der Waals surface area contributed by atoms with Crippen LogP contribution in [0.5, 0.6) is 0 Å². The summed E-state index contributed by atoms with van der Waals surface area (Å²) < 4.78 is 30.8. The Balaban J connectivity index is 3.18. The molecule has 1 atom stereocenters. The minimum absolute atomic E-state index is 0.248. The lowest BCUT2D eigenvalue weighted by molar-refractivity contribution is -0.385. The van der Waals surface area contributed by atoms with E-state index in [4.69, 9.17) is 0 Å². The van der Waals surface area contributed by atoms with Crippen molar-refractivity contribution in [1.29, 1.82) is 0 Å². The van der Waals surface area contributed by atoms with Gasteiger partial charge in [0, 0.05) is 12.1 Å². The van der Waals surface area contributed by atoms with E-state index in [2.05, 4.69) is 9.46 Å². The van der Waals surface area contributed by atoms with Gasteiger partial charge in [-0.3, -0.25) is 14.9 Å². The highest BCUT2D eigenvalue weighted by Crippen LogP contribution is 2.21. The number of methoxy groups -OCH3 is 1. The molecule has 0 aliphatic rings. The van der Waals surface area contributed by atoms with E-state index in [0.717, 1.165) is 13.2 Å². The number of nitrogens with one attached hydrogen (secondary N) is 1. The Labute approximate surface area is 115 Å². The van der Waals surface area contributed by atoms with Crippen molar-refractivity contribution < 1.29 is 22.9 Å². The molecule has 0 unspecified atom stereocenters. The lowest BCUT2D eigenvalue weighted by Gasteiger charge is -2.13. The Kier molecular flexibility index (Phi) is 4.79. The molecule has 8 nitrogen and oxygen atoms in total. The summed E-state index contributed by atoms with van der Waals surface area (Å²) in [6.07, 6.45) is 0. The van der Waals surface area contributed by atoms with E-state index in [0.29, 0.717) is 5.56 Å². The smallest absolute Gasteiger partial charge is 0.323 e. The number of carbonyl (C=O) groups is 1. The van der Waals surface area contributed by atoms with E-state index < -0.39 is 27.0 Å². The SMILES string of the molecule is COC(=O)[C@H](C)NS(=O)(=O)c1cc([N+](=O)[O-])ccc1C. The standard InChI is InChI=1S/C11H14N2O6S/c1-7-4-5-9(13(15)16)6-10(7)20(17,18)12-8(2)11(14)19-3/h4-6,8,12H,1-3H3/t8-/m0/s1. The number of aryl methyl sites for hydroxylation is 1. The summed E-state index contributed by atoms with van der Waals surface area (Å²) in [6.45, 7) is 2.82. The third kappa shape index (κ3) is 3.52. The molecule has 0 saturated carbocycles. The number of benzene rings is 1. The van der Waals surface area contributed by atoms with E-state index in [1.807, 2.05) is 0 Å². The number of rotatable bonds is 5. The van der Waals surface area contributed by atoms with Crippen molar-refractivity contribution in [2.75, 3.05) is 7.11 Å². The number of non-ortho nitro benzene ring substituents is 1. The summed E-state index contributed by atoms with van der Waals surface area (Å²) in [6, 6.07) is 2.39. The van der Waals surface area contributed by atoms with E-state index in [9.17, 15) is 23.3 Å². The Bertz CT molecular complexity index is 640. The number of nitro groups is 1. The number of hydrogen-bond donors (Lipinski definition) is 1. The zero-order valence-electron chi connectivity index (χ0n) is 11.1. The van der Waals surface area contributed by atoms with Gasteiger partial charge in [0.15, 0.2) is 0 Å². The molecule has 0 fully saturated rings. The fourth-order valence-electron chi connectivity index (χ4n) is 1.51. The number of hydrogen-bond acceptors (Lipinski definition) is 6. The largest absolute Gasteiger partial charge is 0.468 e. The third-order valence-corrected chi connectivity index (χ3v) is 4.24. The molecule has 0 spiro atoms. The number of sulfonamides is 1. The molecule has 0 radical (unpaired) electrons. The van der Waals surface area contributed by atoms with E-state index >= 15 is 0 Å². The molecule has 20 heavy (non-hydrogen) atoms. The maximum Gasteiger partial charge on any atom is 0.323 e. The fraction of sp³-hybridized carbons (Fsp3) is 0.364. The molecule has 110 valence electrons. The van der Waals surface area contributed by atoms with Crippen LogP contribution in [-0.4, -0.2) is 32.5 Å². The Morgan fingerprint density at radius 2 is 2.05 bits per heavy atom. The Morgan fingerprint density at radius 3 is 2.55 bits per heavy atom. The molecule has 0 amide bonds. The van der Waals surface area contributed by atoms with Crippen LogP contribution in [0.25, 0.3) is 0 Å². The van der Waals surface area contributed by atoms with Gasteiger partial charge in [-0.15, -0.1) is 0 Å². The van der Waals surface area contributed by atoms with Gasteiger partial charge in [-0.2, -0.15) is 4.72 Å². The van der Waals surface area contributed by atoms with Crippen molar-refractivity contribution >= 4 is 21.7 Å². The first-order valence-electron chi connectivity index (χ1n) is 5.54. The van der Waals surface area contributed by atoms with Gasteiger partial charge in [0.1, 0.15) is 6.04 Å². The normalized spacial score (nSPS) is 12.8. The minimum atomic E-state index is -4.06. The second-order valence-electron chi connectivity index (χ2n) is 4.07. The van der Waals surface area contributed by atoms with Gasteiger partial charge in [-0.25, -0.2) is 8.42 Å². The van der Waals surface area contributed by atoms with Crippen molar-refractivity contribution in [1.82, 2.24) is 4.72 Å². The second kappa shape index (κ2) is 5.97. The van der Waals surface area contributed by atoms with Crippen molar-refractivity contribution in [2.45, 2.75) is 24.8 Å². The van der Waals surface area contributed by atoms with Gasteiger partial charge in [0.05, 0.1) is 16.9 Å². The molecule has 0 aliphatic heterocycles. The molecule has 9 heteroatoms. The Hall–Kier alpha value is -2.00. The van der Waals surface area contributed by atoms with Gasteiger partial charge in [0.25, 0.3) is 5.69 Å². The van der Waals surface area contributed by atoms with E-state index in [-0.39, 0.29) is 10.6 Å². The predicted octanol–water partition coefficient (Wildman–Crippen LogP) is 0.743. The minimum Gasteiger partial charge on any atom is -0.468 e. The highest BCUT2D eigenvalue weighted by Gasteiger charge is 2.25. The number of ether oxygens (including phenoxy) is 1. The number of carbonyl (C=O) groups excluding carboxylic acids is 1. The lowest BCUT2D eigenvalue weighted by atomic mass is 10.2. The quantitative estimate of drug-likeness (QED) is 0.487. The van der Waals surface area contributed by atoms with Crippen LogP contribution in [0.3, 0.4) is 0 Å². The van der Waals surface area contributed by atoms with Crippen molar-refractivity contribution in [3.05, 3.63) is 33.9 Å². The molecular weight excluding hydrogens is 288 g/mol. The molecule has 0 aliphatic carbocycles. The van der Waals surface area contributed by atoms with Crippen molar-refractivity contribution in [3.8, 4) is 0 Å². The first kappa shape index (κ1) is 16.1. The first-order valence-corrected chi connectivity index (χ1v) is 7.02. The average molecular weight is 302 g/mol. The van der Waals surface area contributed by atoms with Gasteiger partial charge < -0.3 is 4.74 Å². The summed E-state index contributed by atoms with van der Waals surface area (Å²) in [5.74, 6) is -0.753. The predicted molar refractivity (Wildman–Crippen MR) is 69.6 cm³/mol. The van der Waals surface area contributed by atoms with E-state index in [1.54, 1.807) is 0 Å². The zero-order chi connectivity index (χ0) is 15.5. The van der Waals surface area contributed by atoms with Crippen molar-refractivity contribution in [3.63, 3.8) is 0 Å². The van der Waals surface area contributed by atoms with Crippen LogP contribution in [0.2, 0.25) is 0 Å². The van der Waals surface area contributed by atoms with Crippen LogP contribution in [-0.2, 0) is 19.6 Å². The maximum absolute atomic E-state index is 12.1. The second-order valence-corrected chi connectivity index (χ2v) is 5.76. The summed E-state index contributed by atoms with van der Waals surface area (Å²) in [5, 5.41) is 10.7. The Morgan fingerprint density at radius 1 is 1.45 bits per heavy atom. The molecule has 0 aromatic heterocycles. The summed E-state index contributed by atoms with van der Waals surface area (Å²) in [7, 11) is -2.93. The molecule has 1 aromatic carbocycles. The molecular formula is C11H14N2O6S. The fourth-order valence-corrected chi connectivity index (χ4v) is 2.97. The number of esters is 1. The number of nitrogens with zero attached hydrogens (tertiary/aromatic N) is 1. The first-order chi connectivity index (χ1) is 9.19. The summed E-state index contributed by atoms with van der Waals surface area (Å²) in [4.78, 5) is 21.0. The van der Waals surface area contributed by atoms with Crippen LogP contribution in [0.15, 0.2) is 23.1 Å². The van der Waals surface area contributed by atoms with Gasteiger partial charge in [-0.05, 0) is 19.4 Å². The summed E-state index contributed by atoms with van der Waals surface area (Å²) in [5.41, 5.74) is -0.0122. The molecule has 0 heterocycles. The monoisotopic (exact) mass is 302 g/mol. The highest BCUT2D eigenvalue weighted by molar-refractivity contribution is 7.89. The lowest BCUT2D eigenvalue weighted by Crippen LogP contribution is -2.39. The highest BCUT2D eigenvalue weighted by atomic mass is 32.2. The van der Waals surface area contributed by atoms with Crippen LogP contribution < -0.4 is 4.72 Å². The number of nitro benzene ring substituents is 1. The van der Waals surface area contributed by atoms with Crippen LogP contribution >= 0.6 is 0 Å². The van der Waals surface area contributed by atoms with Crippen LogP contribution in [0.1, 0.15) is 12.5 Å². The molecule has 0 saturated heterocycles. The van der Waals surface area contributed by atoms with Crippen LogP contribution in [0, 0.1) is 17.0 Å². The zero-order valence-corrected chi connectivity index (χ0v) is 11.9. The van der Waals surface area contributed by atoms with Crippen molar-refractivity contribution in [2.24, 2.45) is 0 Å². The topological polar surface area (TPSA) is 116 Å². The van der Waals surface area contributed by atoms with Gasteiger partial charge in [-0.1, -0.05) is 6.07 Å². The molecule has 1 N–H and O–H groups in total. The maximum atomic E-state index is 12.1. The van der Waals surface area contributed by atoms with Gasteiger partial charge in [0.2, 0.25) is 10.0 Å². The third-order valence-electron chi connectivity index (χ3n) is 2.56. The summed E-state index contributed by atoms with van der Waals surface area (Å²) >= 11 is 0. The van der Waals surface area contributed by atoms with Crippen LogP contribution in [0.4, 0.5) is 5.69 Å². The van der Waals surface area contributed by atoms with E-state index in [1.165, 1.54) is 26.0 Å². The average Bonchev–Trinajstić information content (AvgIpc) is 2.37. The van der Waals surface area contributed by atoms with Gasteiger partial charge >= 0.3 is 5.97 Å². The molecule has 1 aromatic rings.